The van der Waals surface area contributed by atoms with Gasteiger partial charge in [0.2, 0.25) is 0 Å². The van der Waals surface area contributed by atoms with E-state index in [1.165, 1.54) is 0 Å². The molecule has 5 heteroatoms. The largest absolute Gasteiger partial charge is 0.291 e. The maximum absolute atomic E-state index is 12.6. The lowest BCUT2D eigenvalue weighted by molar-refractivity contribution is 0.0912. The lowest BCUT2D eigenvalue weighted by Crippen LogP contribution is -2.36. The summed E-state index contributed by atoms with van der Waals surface area (Å²) in [7, 11) is 0. The number of rotatable bonds is 1. The van der Waals surface area contributed by atoms with Gasteiger partial charge >= 0.3 is 0 Å². The van der Waals surface area contributed by atoms with Gasteiger partial charge in [0.1, 0.15) is 5.54 Å². The molecule has 0 aliphatic carbocycles. The maximum Gasteiger partial charge on any atom is 0.190 e. The van der Waals surface area contributed by atoms with Crippen molar-refractivity contribution in [3.8, 4) is 0 Å². The Morgan fingerprint density at radius 2 is 1.78 bits per heavy atom. The highest BCUT2D eigenvalue weighted by molar-refractivity contribution is 9.10. The van der Waals surface area contributed by atoms with E-state index in [-0.39, 0.29) is 5.78 Å². The number of Topliss-reactive ketones (excluding diaryl/α,β-unsaturated/α-hetero) is 1. The van der Waals surface area contributed by atoms with Gasteiger partial charge in [-0.15, -0.1) is 0 Å². The quantitative estimate of drug-likeness (QED) is 0.654. The Morgan fingerprint density at radius 1 is 1.04 bits per heavy atom. The number of aliphatic imine (C=N–C) groups is 1. The first-order valence-corrected chi connectivity index (χ1v) is 8.14. The summed E-state index contributed by atoms with van der Waals surface area (Å²) in [6, 6.07) is 11.6. The fourth-order valence-electron chi connectivity index (χ4n) is 2.95. The molecule has 0 radical (unpaired) electrons. The minimum absolute atomic E-state index is 0.0519. The van der Waals surface area contributed by atoms with E-state index in [2.05, 4.69) is 21.0 Å². The van der Waals surface area contributed by atoms with Crippen molar-refractivity contribution in [1.82, 2.24) is 9.61 Å². The van der Waals surface area contributed by atoms with E-state index in [0.717, 1.165) is 32.4 Å². The van der Waals surface area contributed by atoms with Gasteiger partial charge in [0.15, 0.2) is 5.78 Å². The Hall–Kier alpha value is -2.27. The number of carbonyl (C=O) groups excluding carboxylic acids is 1. The maximum atomic E-state index is 12.6. The standard InChI is InChI=1S/C18H14BrN3O/c1-18(2)17(23)13-6-4-3-5-12(13)16(21-18)14-9-20-22-10-11(19)7-8-15(14)22/h3-10H,1-2H3. The molecule has 3 heterocycles. The lowest BCUT2D eigenvalue weighted by atomic mass is 9.84. The molecule has 0 saturated carbocycles. The first-order chi connectivity index (χ1) is 11.0. The summed E-state index contributed by atoms with van der Waals surface area (Å²) in [4.78, 5) is 17.4. The van der Waals surface area contributed by atoms with Crippen molar-refractivity contribution in [3.63, 3.8) is 0 Å². The monoisotopic (exact) mass is 367 g/mol. The third-order valence-electron chi connectivity index (χ3n) is 4.11. The molecule has 0 bridgehead atoms. The highest BCUT2D eigenvalue weighted by atomic mass is 79.9. The van der Waals surface area contributed by atoms with Gasteiger partial charge in [-0.3, -0.25) is 9.79 Å². The van der Waals surface area contributed by atoms with Crippen molar-refractivity contribution < 1.29 is 4.79 Å². The van der Waals surface area contributed by atoms with E-state index in [0.29, 0.717) is 0 Å². The summed E-state index contributed by atoms with van der Waals surface area (Å²) in [5.74, 6) is 0.0519. The molecular formula is C18H14BrN3O. The van der Waals surface area contributed by atoms with E-state index in [9.17, 15) is 4.79 Å². The van der Waals surface area contributed by atoms with Crippen LogP contribution in [0.2, 0.25) is 0 Å². The molecule has 0 spiro atoms. The molecule has 0 atom stereocenters. The van der Waals surface area contributed by atoms with E-state index < -0.39 is 5.54 Å². The zero-order valence-corrected chi connectivity index (χ0v) is 14.3. The first-order valence-electron chi connectivity index (χ1n) is 7.35. The number of hydrogen-bond acceptors (Lipinski definition) is 3. The van der Waals surface area contributed by atoms with Crippen LogP contribution in [0.15, 0.2) is 58.3 Å². The summed E-state index contributed by atoms with van der Waals surface area (Å²) in [6.45, 7) is 3.71. The molecule has 4 nitrogen and oxygen atoms in total. The average molecular weight is 368 g/mol. The van der Waals surface area contributed by atoms with Gasteiger partial charge < -0.3 is 0 Å². The van der Waals surface area contributed by atoms with Crippen LogP contribution in [0, 0.1) is 0 Å². The molecular weight excluding hydrogens is 354 g/mol. The summed E-state index contributed by atoms with van der Waals surface area (Å²) in [6.07, 6.45) is 3.72. The molecule has 1 aliphatic rings. The first kappa shape index (κ1) is 14.3. The average Bonchev–Trinajstić information content (AvgIpc) is 2.94. The van der Waals surface area contributed by atoms with E-state index >= 15 is 0 Å². The Bertz CT molecular complexity index is 985. The normalized spacial score (nSPS) is 16.3. The fraction of sp³-hybridized carbons (Fsp3) is 0.167. The van der Waals surface area contributed by atoms with Crippen molar-refractivity contribution in [3.05, 3.63) is 70.0 Å². The Kier molecular flexibility index (Phi) is 3.03. The number of ketones is 1. The van der Waals surface area contributed by atoms with Crippen molar-refractivity contribution in [2.75, 3.05) is 0 Å². The summed E-state index contributed by atoms with van der Waals surface area (Å²) in [5, 5.41) is 4.42. The second kappa shape index (κ2) is 4.86. The molecule has 23 heavy (non-hydrogen) atoms. The smallest absolute Gasteiger partial charge is 0.190 e. The van der Waals surface area contributed by atoms with Crippen LogP contribution in [0.1, 0.15) is 35.3 Å². The second-order valence-corrected chi connectivity index (χ2v) is 7.05. The van der Waals surface area contributed by atoms with Crippen molar-refractivity contribution in [2.45, 2.75) is 19.4 Å². The van der Waals surface area contributed by atoms with Crippen molar-refractivity contribution in [1.29, 1.82) is 0 Å². The van der Waals surface area contributed by atoms with Crippen LogP contribution in [0.4, 0.5) is 0 Å². The van der Waals surface area contributed by atoms with Crippen LogP contribution < -0.4 is 0 Å². The van der Waals surface area contributed by atoms with E-state index in [1.54, 1.807) is 0 Å². The van der Waals surface area contributed by atoms with Gasteiger partial charge in [-0.25, -0.2) is 4.52 Å². The summed E-state index contributed by atoms with van der Waals surface area (Å²) < 4.78 is 2.77. The number of fused-ring (bicyclic) bond motifs is 2. The molecule has 1 aliphatic heterocycles. The molecule has 3 aromatic rings. The number of halogens is 1. The molecule has 2 aromatic heterocycles. The predicted molar refractivity (Wildman–Crippen MR) is 93.4 cm³/mol. The number of pyridine rings is 1. The third-order valence-corrected chi connectivity index (χ3v) is 4.58. The highest BCUT2D eigenvalue weighted by Crippen LogP contribution is 2.30. The van der Waals surface area contributed by atoms with Gasteiger partial charge in [-0.1, -0.05) is 24.3 Å². The number of hydrogen-bond donors (Lipinski definition) is 0. The highest BCUT2D eigenvalue weighted by Gasteiger charge is 2.36. The van der Waals surface area contributed by atoms with Gasteiger partial charge in [-0.05, 0) is 41.9 Å². The van der Waals surface area contributed by atoms with Crippen LogP contribution in [0.3, 0.4) is 0 Å². The number of aromatic nitrogens is 2. The van der Waals surface area contributed by atoms with Gasteiger partial charge in [0.25, 0.3) is 0 Å². The van der Waals surface area contributed by atoms with Crippen molar-refractivity contribution >= 4 is 32.9 Å². The van der Waals surface area contributed by atoms with Crippen LogP contribution in [-0.4, -0.2) is 26.6 Å². The van der Waals surface area contributed by atoms with Gasteiger partial charge in [0, 0.05) is 27.4 Å². The van der Waals surface area contributed by atoms with Gasteiger partial charge in [-0.2, -0.15) is 5.10 Å². The lowest BCUT2D eigenvalue weighted by Gasteiger charge is -2.27. The minimum Gasteiger partial charge on any atom is -0.291 e. The van der Waals surface area contributed by atoms with Crippen molar-refractivity contribution in [2.24, 2.45) is 4.99 Å². The number of benzene rings is 1. The second-order valence-electron chi connectivity index (χ2n) is 6.13. The van der Waals surface area contributed by atoms with E-state index in [1.807, 2.05) is 67.2 Å². The van der Waals surface area contributed by atoms with Crippen LogP contribution in [0.25, 0.3) is 5.52 Å². The number of carbonyl (C=O) groups is 1. The van der Waals surface area contributed by atoms with Crippen LogP contribution in [0.5, 0.6) is 0 Å². The summed E-state index contributed by atoms with van der Waals surface area (Å²) in [5.41, 5.74) is 3.54. The van der Waals surface area contributed by atoms with E-state index in [4.69, 9.17) is 4.99 Å². The predicted octanol–water partition coefficient (Wildman–Crippen LogP) is 3.91. The molecule has 0 saturated heterocycles. The molecule has 0 unspecified atom stereocenters. The fourth-order valence-corrected chi connectivity index (χ4v) is 3.28. The molecule has 0 N–H and O–H groups in total. The van der Waals surface area contributed by atoms with Gasteiger partial charge in [0.05, 0.1) is 17.4 Å². The molecule has 0 fully saturated rings. The molecule has 4 rings (SSSR count). The molecule has 0 amide bonds. The Labute approximate surface area is 142 Å². The van der Waals surface area contributed by atoms with Crippen LogP contribution in [-0.2, 0) is 0 Å². The van der Waals surface area contributed by atoms with Crippen LogP contribution >= 0.6 is 15.9 Å². The SMILES string of the molecule is CC1(C)N=C(c2cnn3cc(Br)ccc23)c2ccccc2C1=O. The molecule has 1 aromatic carbocycles. The topological polar surface area (TPSA) is 46.7 Å². The molecule has 114 valence electrons. The minimum atomic E-state index is -0.771. The Balaban J connectivity index is 2.01. The number of nitrogens with zero attached hydrogens (tertiary/aromatic N) is 3. The Morgan fingerprint density at radius 3 is 2.57 bits per heavy atom. The zero-order chi connectivity index (χ0) is 16.2. The third kappa shape index (κ3) is 2.15. The zero-order valence-electron chi connectivity index (χ0n) is 12.7. The summed E-state index contributed by atoms with van der Waals surface area (Å²) >= 11 is 3.45.